The van der Waals surface area contributed by atoms with Gasteiger partial charge in [-0.25, -0.2) is 0 Å². The zero-order valence-corrected chi connectivity index (χ0v) is 12.6. The lowest BCUT2D eigenvalue weighted by atomic mass is 10.2. The van der Waals surface area contributed by atoms with Crippen molar-refractivity contribution in [2.24, 2.45) is 0 Å². The molecule has 0 fully saturated rings. The highest BCUT2D eigenvalue weighted by molar-refractivity contribution is 5.91. The number of aryl methyl sites for hydroxylation is 1. The monoisotopic (exact) mass is 300 g/mol. The summed E-state index contributed by atoms with van der Waals surface area (Å²) in [4.78, 5) is 15.8. The molecule has 22 heavy (non-hydrogen) atoms. The van der Waals surface area contributed by atoms with E-state index in [-0.39, 0.29) is 12.5 Å². The first kappa shape index (κ1) is 16.0. The Morgan fingerprint density at radius 1 is 1.36 bits per heavy atom. The second kappa shape index (κ2) is 8.14. The molecular formula is C17H20N2O3. The number of rotatable bonds is 7. The zero-order valence-electron chi connectivity index (χ0n) is 12.6. The van der Waals surface area contributed by atoms with Gasteiger partial charge < -0.3 is 15.2 Å². The molecule has 0 spiro atoms. The third kappa shape index (κ3) is 4.86. The average Bonchev–Trinajstić information content (AvgIpc) is 2.52. The van der Waals surface area contributed by atoms with Gasteiger partial charge in [-0.15, -0.1) is 0 Å². The Morgan fingerprint density at radius 2 is 2.23 bits per heavy atom. The maximum atomic E-state index is 11.9. The molecule has 0 aliphatic carbocycles. The molecule has 1 heterocycles. The van der Waals surface area contributed by atoms with E-state index in [0.29, 0.717) is 30.7 Å². The van der Waals surface area contributed by atoms with E-state index in [1.165, 1.54) is 6.20 Å². The van der Waals surface area contributed by atoms with Gasteiger partial charge in [-0.2, -0.15) is 0 Å². The number of aromatic nitrogens is 1. The third-order valence-electron chi connectivity index (χ3n) is 3.16. The highest BCUT2D eigenvalue weighted by Gasteiger charge is 2.06. The molecule has 1 aromatic heterocycles. The van der Waals surface area contributed by atoms with Crippen molar-refractivity contribution in [2.75, 3.05) is 11.9 Å². The van der Waals surface area contributed by atoms with Crippen LogP contribution in [-0.2, 0) is 11.4 Å². The lowest BCUT2D eigenvalue weighted by Gasteiger charge is -2.09. The Balaban J connectivity index is 1.74. The van der Waals surface area contributed by atoms with Crippen LogP contribution in [0.5, 0.6) is 5.75 Å². The smallest absolute Gasteiger partial charge is 0.224 e. The van der Waals surface area contributed by atoms with Crippen molar-refractivity contribution >= 4 is 11.6 Å². The van der Waals surface area contributed by atoms with Crippen molar-refractivity contribution in [1.82, 2.24) is 4.98 Å². The van der Waals surface area contributed by atoms with Crippen molar-refractivity contribution in [2.45, 2.75) is 26.4 Å². The van der Waals surface area contributed by atoms with Crippen molar-refractivity contribution in [3.63, 3.8) is 0 Å². The molecule has 1 amide bonds. The summed E-state index contributed by atoms with van der Waals surface area (Å²) in [7, 11) is 0. The summed E-state index contributed by atoms with van der Waals surface area (Å²) in [5.74, 6) is 0.700. The Labute approximate surface area is 130 Å². The zero-order chi connectivity index (χ0) is 15.8. The van der Waals surface area contributed by atoms with E-state index < -0.39 is 0 Å². The van der Waals surface area contributed by atoms with Crippen LogP contribution in [0.4, 0.5) is 5.69 Å². The highest BCUT2D eigenvalue weighted by atomic mass is 16.5. The summed E-state index contributed by atoms with van der Waals surface area (Å²) >= 11 is 0. The molecule has 0 saturated heterocycles. The van der Waals surface area contributed by atoms with Crippen LogP contribution in [0.3, 0.4) is 0 Å². The Morgan fingerprint density at radius 3 is 3.00 bits per heavy atom. The predicted octanol–water partition coefficient (Wildman–Crippen LogP) is 2.68. The number of pyridine rings is 1. The summed E-state index contributed by atoms with van der Waals surface area (Å²) in [6.07, 6.45) is 4.09. The quantitative estimate of drug-likeness (QED) is 0.771. The molecule has 0 atom stereocenters. The van der Waals surface area contributed by atoms with Crippen LogP contribution in [-0.4, -0.2) is 22.6 Å². The van der Waals surface area contributed by atoms with Gasteiger partial charge in [0.25, 0.3) is 0 Å². The summed E-state index contributed by atoms with van der Waals surface area (Å²) in [5, 5.41) is 11.9. The second-order valence-electron chi connectivity index (χ2n) is 5.01. The average molecular weight is 300 g/mol. The van der Waals surface area contributed by atoms with Crippen LogP contribution in [0, 0.1) is 6.92 Å². The van der Waals surface area contributed by atoms with Crippen LogP contribution < -0.4 is 10.1 Å². The molecule has 0 aliphatic rings. The van der Waals surface area contributed by atoms with Crippen LogP contribution in [0.25, 0.3) is 0 Å². The Hall–Kier alpha value is -2.40. The number of ether oxygens (including phenoxy) is 1. The van der Waals surface area contributed by atoms with Gasteiger partial charge in [-0.05, 0) is 37.1 Å². The van der Waals surface area contributed by atoms with Crippen LogP contribution in [0.1, 0.15) is 24.0 Å². The van der Waals surface area contributed by atoms with Gasteiger partial charge in [0.2, 0.25) is 5.91 Å². The fraction of sp³-hybridized carbons (Fsp3) is 0.294. The number of amides is 1. The van der Waals surface area contributed by atoms with E-state index in [4.69, 9.17) is 4.74 Å². The minimum absolute atomic E-state index is 0.115. The summed E-state index contributed by atoms with van der Waals surface area (Å²) in [6.45, 7) is 2.36. The first-order valence-corrected chi connectivity index (χ1v) is 7.22. The molecule has 1 aromatic carbocycles. The molecule has 116 valence electrons. The minimum Gasteiger partial charge on any atom is -0.494 e. The molecule has 2 rings (SSSR count). The maximum Gasteiger partial charge on any atom is 0.224 e. The molecule has 0 radical (unpaired) electrons. The number of aliphatic hydroxyl groups excluding tert-OH is 1. The van der Waals surface area contributed by atoms with Crippen LogP contribution >= 0.6 is 0 Å². The third-order valence-corrected chi connectivity index (χ3v) is 3.16. The topological polar surface area (TPSA) is 71.5 Å². The number of nitrogens with one attached hydrogen (secondary N) is 1. The number of nitrogens with zero attached hydrogens (tertiary/aromatic N) is 1. The molecule has 2 aromatic rings. The Kier molecular flexibility index (Phi) is 5.91. The number of carbonyl (C=O) groups excluding carboxylic acids is 1. The van der Waals surface area contributed by atoms with E-state index in [2.05, 4.69) is 10.3 Å². The molecular weight excluding hydrogens is 280 g/mol. The minimum atomic E-state index is -0.130. The van der Waals surface area contributed by atoms with Crippen LogP contribution in [0.2, 0.25) is 0 Å². The fourth-order valence-corrected chi connectivity index (χ4v) is 2.01. The number of aliphatic hydroxyl groups is 1. The number of hydrogen-bond acceptors (Lipinski definition) is 4. The van der Waals surface area contributed by atoms with Gasteiger partial charge in [0.1, 0.15) is 5.75 Å². The first-order valence-electron chi connectivity index (χ1n) is 7.22. The van der Waals surface area contributed by atoms with E-state index in [9.17, 15) is 9.90 Å². The van der Waals surface area contributed by atoms with E-state index in [1.54, 1.807) is 12.3 Å². The number of carbonyl (C=O) groups is 1. The fourth-order valence-electron chi connectivity index (χ4n) is 2.01. The van der Waals surface area contributed by atoms with Gasteiger partial charge in [0.15, 0.2) is 0 Å². The SMILES string of the molecule is Cc1cccc(OCCCC(=O)Nc2cnccc2CO)c1. The van der Waals surface area contributed by atoms with Gasteiger partial charge in [-0.1, -0.05) is 12.1 Å². The Bertz CT molecular complexity index is 629. The largest absolute Gasteiger partial charge is 0.494 e. The maximum absolute atomic E-state index is 11.9. The van der Waals surface area contributed by atoms with E-state index in [0.717, 1.165) is 11.3 Å². The lowest BCUT2D eigenvalue weighted by molar-refractivity contribution is -0.116. The summed E-state index contributed by atoms with van der Waals surface area (Å²) in [6, 6.07) is 9.49. The molecule has 0 bridgehead atoms. The van der Waals surface area contributed by atoms with Gasteiger partial charge in [0, 0.05) is 18.2 Å². The predicted molar refractivity (Wildman–Crippen MR) is 84.7 cm³/mol. The molecule has 0 unspecified atom stereocenters. The number of anilines is 1. The highest BCUT2D eigenvalue weighted by Crippen LogP contribution is 2.14. The number of hydrogen-bond donors (Lipinski definition) is 2. The van der Waals surface area contributed by atoms with Gasteiger partial charge >= 0.3 is 0 Å². The second-order valence-corrected chi connectivity index (χ2v) is 5.01. The van der Waals surface area contributed by atoms with E-state index >= 15 is 0 Å². The van der Waals surface area contributed by atoms with Crippen molar-refractivity contribution in [1.29, 1.82) is 0 Å². The van der Waals surface area contributed by atoms with Gasteiger partial charge in [0.05, 0.1) is 25.1 Å². The van der Waals surface area contributed by atoms with E-state index in [1.807, 2.05) is 31.2 Å². The van der Waals surface area contributed by atoms with Crippen molar-refractivity contribution < 1.29 is 14.6 Å². The van der Waals surface area contributed by atoms with Crippen molar-refractivity contribution in [3.8, 4) is 5.75 Å². The lowest BCUT2D eigenvalue weighted by Crippen LogP contribution is -2.14. The molecule has 2 N–H and O–H groups in total. The molecule has 0 aliphatic heterocycles. The van der Waals surface area contributed by atoms with Crippen LogP contribution in [0.15, 0.2) is 42.7 Å². The molecule has 0 saturated carbocycles. The number of benzene rings is 1. The summed E-state index contributed by atoms with van der Waals surface area (Å²) < 4.78 is 5.60. The standard InChI is InChI=1S/C17H20N2O3/c1-13-4-2-5-15(10-13)22-9-3-6-17(21)19-16-11-18-8-7-14(16)12-20/h2,4-5,7-8,10-11,20H,3,6,9,12H2,1H3,(H,19,21). The van der Waals surface area contributed by atoms with Gasteiger partial charge in [-0.3, -0.25) is 9.78 Å². The normalized spacial score (nSPS) is 10.3. The summed E-state index contributed by atoms with van der Waals surface area (Å²) in [5.41, 5.74) is 2.34. The van der Waals surface area contributed by atoms with Crippen molar-refractivity contribution in [3.05, 3.63) is 53.9 Å². The molecule has 5 nitrogen and oxygen atoms in total. The molecule has 5 heteroatoms. The first-order chi connectivity index (χ1) is 10.7.